The molecule has 0 unspecified atom stereocenters. The highest BCUT2D eigenvalue weighted by molar-refractivity contribution is 5.94. The van der Waals surface area contributed by atoms with Crippen LogP contribution >= 0.6 is 0 Å². The van der Waals surface area contributed by atoms with E-state index in [2.05, 4.69) is 23.8 Å². The zero-order chi connectivity index (χ0) is 15.2. The van der Waals surface area contributed by atoms with Crippen LogP contribution in [0.1, 0.15) is 28.8 Å². The van der Waals surface area contributed by atoms with Crippen LogP contribution in [0.4, 0.5) is 0 Å². The summed E-state index contributed by atoms with van der Waals surface area (Å²) in [7, 11) is 4.03. The lowest BCUT2D eigenvalue weighted by Crippen LogP contribution is -2.44. The summed E-state index contributed by atoms with van der Waals surface area (Å²) in [5.41, 5.74) is 6.95. The SMILES string of the molecule is CN1CCC(N(C)C(=O)c2ccc(C#CCN)cc2)CC1. The summed E-state index contributed by atoms with van der Waals surface area (Å²) in [6.45, 7) is 2.45. The van der Waals surface area contributed by atoms with Crippen LogP contribution in [0.5, 0.6) is 0 Å². The number of benzene rings is 1. The zero-order valence-electron chi connectivity index (χ0n) is 12.8. The molecule has 0 spiro atoms. The number of nitrogens with two attached hydrogens (primary N) is 1. The first kappa shape index (κ1) is 15.6. The van der Waals surface area contributed by atoms with E-state index in [0.29, 0.717) is 12.6 Å². The molecule has 0 saturated carbocycles. The van der Waals surface area contributed by atoms with Crippen molar-refractivity contribution in [3.63, 3.8) is 0 Å². The fourth-order valence-electron chi connectivity index (χ4n) is 2.60. The van der Waals surface area contributed by atoms with Gasteiger partial charge in [-0.2, -0.15) is 0 Å². The molecule has 1 aliphatic heterocycles. The van der Waals surface area contributed by atoms with Gasteiger partial charge in [-0.1, -0.05) is 11.8 Å². The highest BCUT2D eigenvalue weighted by Gasteiger charge is 2.24. The lowest BCUT2D eigenvalue weighted by atomic mass is 10.0. The van der Waals surface area contributed by atoms with E-state index in [0.717, 1.165) is 37.1 Å². The predicted octanol–water partition coefficient (Wildman–Crippen LogP) is 1.16. The third kappa shape index (κ3) is 4.07. The molecule has 4 heteroatoms. The van der Waals surface area contributed by atoms with Crippen molar-refractivity contribution < 1.29 is 4.79 Å². The van der Waals surface area contributed by atoms with E-state index in [1.165, 1.54) is 0 Å². The summed E-state index contributed by atoms with van der Waals surface area (Å²) in [4.78, 5) is 16.7. The average molecular weight is 285 g/mol. The van der Waals surface area contributed by atoms with Crippen LogP contribution < -0.4 is 5.73 Å². The Hall–Kier alpha value is -1.83. The predicted molar refractivity (Wildman–Crippen MR) is 85.0 cm³/mol. The van der Waals surface area contributed by atoms with Crippen molar-refractivity contribution in [2.24, 2.45) is 5.73 Å². The highest BCUT2D eigenvalue weighted by atomic mass is 16.2. The maximum atomic E-state index is 12.5. The first-order chi connectivity index (χ1) is 10.1. The fraction of sp³-hybridized carbons (Fsp3) is 0.471. The van der Waals surface area contributed by atoms with Crippen LogP contribution in [0, 0.1) is 11.8 Å². The van der Waals surface area contributed by atoms with E-state index in [1.54, 1.807) is 0 Å². The molecule has 1 saturated heterocycles. The molecular weight excluding hydrogens is 262 g/mol. The number of amides is 1. The quantitative estimate of drug-likeness (QED) is 0.830. The molecule has 1 aromatic carbocycles. The molecule has 0 aromatic heterocycles. The third-order valence-corrected chi connectivity index (χ3v) is 4.02. The third-order valence-electron chi connectivity index (χ3n) is 4.02. The molecule has 1 amide bonds. The molecule has 2 rings (SSSR count). The molecule has 0 aliphatic carbocycles. The molecule has 0 radical (unpaired) electrons. The number of nitrogens with zero attached hydrogens (tertiary/aromatic N) is 2. The second-order valence-corrected chi connectivity index (χ2v) is 5.53. The van der Waals surface area contributed by atoms with Gasteiger partial charge >= 0.3 is 0 Å². The number of piperidine rings is 1. The number of carbonyl (C=O) groups excluding carboxylic acids is 1. The molecule has 21 heavy (non-hydrogen) atoms. The molecule has 0 bridgehead atoms. The first-order valence-corrected chi connectivity index (χ1v) is 7.36. The van der Waals surface area contributed by atoms with Crippen molar-refractivity contribution in [3.8, 4) is 11.8 Å². The molecule has 112 valence electrons. The van der Waals surface area contributed by atoms with Crippen LogP contribution in [0.15, 0.2) is 24.3 Å². The monoisotopic (exact) mass is 285 g/mol. The maximum absolute atomic E-state index is 12.5. The van der Waals surface area contributed by atoms with Gasteiger partial charge in [0.25, 0.3) is 5.91 Å². The molecule has 0 atom stereocenters. The summed E-state index contributed by atoms with van der Waals surface area (Å²) in [5, 5.41) is 0. The van der Waals surface area contributed by atoms with Gasteiger partial charge in [0, 0.05) is 24.2 Å². The maximum Gasteiger partial charge on any atom is 0.253 e. The van der Waals surface area contributed by atoms with Gasteiger partial charge in [-0.25, -0.2) is 0 Å². The number of hydrogen-bond donors (Lipinski definition) is 1. The summed E-state index contributed by atoms with van der Waals surface area (Å²) in [6, 6.07) is 7.77. The second-order valence-electron chi connectivity index (χ2n) is 5.53. The van der Waals surface area contributed by atoms with E-state index >= 15 is 0 Å². The largest absolute Gasteiger partial charge is 0.339 e. The molecule has 1 heterocycles. The van der Waals surface area contributed by atoms with Crippen LogP contribution in [0.25, 0.3) is 0 Å². The van der Waals surface area contributed by atoms with Gasteiger partial charge in [-0.3, -0.25) is 4.79 Å². The fourth-order valence-corrected chi connectivity index (χ4v) is 2.60. The van der Waals surface area contributed by atoms with Crippen LogP contribution in [-0.4, -0.2) is 55.5 Å². The van der Waals surface area contributed by atoms with Gasteiger partial charge in [0.05, 0.1) is 6.54 Å². The Balaban J connectivity index is 2.02. The smallest absolute Gasteiger partial charge is 0.253 e. The Morgan fingerprint density at radius 1 is 1.33 bits per heavy atom. The van der Waals surface area contributed by atoms with E-state index in [9.17, 15) is 4.79 Å². The van der Waals surface area contributed by atoms with Crippen LogP contribution in [0.2, 0.25) is 0 Å². The van der Waals surface area contributed by atoms with E-state index in [4.69, 9.17) is 5.73 Å². The normalized spacial score (nSPS) is 16.1. The van der Waals surface area contributed by atoms with Gasteiger partial charge in [-0.05, 0) is 57.2 Å². The van der Waals surface area contributed by atoms with Crippen molar-refractivity contribution >= 4 is 5.91 Å². The summed E-state index contributed by atoms with van der Waals surface area (Å²) in [5.74, 6) is 5.86. The van der Waals surface area contributed by atoms with Crippen LogP contribution in [0.3, 0.4) is 0 Å². The minimum Gasteiger partial charge on any atom is -0.339 e. The molecular formula is C17H23N3O. The number of hydrogen-bond acceptors (Lipinski definition) is 3. The Labute approximate surface area is 126 Å². The lowest BCUT2D eigenvalue weighted by molar-refractivity contribution is 0.0659. The first-order valence-electron chi connectivity index (χ1n) is 7.36. The van der Waals surface area contributed by atoms with Crippen molar-refractivity contribution in [3.05, 3.63) is 35.4 Å². The molecule has 4 nitrogen and oxygen atoms in total. The van der Waals surface area contributed by atoms with Crippen molar-refractivity contribution in [2.75, 3.05) is 33.7 Å². The van der Waals surface area contributed by atoms with Gasteiger partial charge in [0.2, 0.25) is 0 Å². The number of rotatable bonds is 2. The Bertz CT molecular complexity index is 533. The Morgan fingerprint density at radius 2 is 1.95 bits per heavy atom. The number of likely N-dealkylation sites (tertiary alicyclic amines) is 1. The van der Waals surface area contributed by atoms with E-state index in [1.807, 2.05) is 36.2 Å². The molecule has 1 aliphatic rings. The topological polar surface area (TPSA) is 49.6 Å². The minimum absolute atomic E-state index is 0.0860. The zero-order valence-corrected chi connectivity index (χ0v) is 12.8. The second kappa shape index (κ2) is 7.26. The summed E-state index contributed by atoms with van der Waals surface area (Å²) in [6.07, 6.45) is 2.08. The molecule has 1 fully saturated rings. The van der Waals surface area contributed by atoms with Crippen molar-refractivity contribution in [1.82, 2.24) is 9.80 Å². The average Bonchev–Trinajstić information content (AvgIpc) is 2.53. The summed E-state index contributed by atoms with van der Waals surface area (Å²) >= 11 is 0. The van der Waals surface area contributed by atoms with Gasteiger partial charge in [0.15, 0.2) is 0 Å². The lowest BCUT2D eigenvalue weighted by Gasteiger charge is -2.35. The highest BCUT2D eigenvalue weighted by Crippen LogP contribution is 2.17. The minimum atomic E-state index is 0.0860. The van der Waals surface area contributed by atoms with Gasteiger partial charge in [-0.15, -0.1) is 0 Å². The number of carbonyl (C=O) groups is 1. The van der Waals surface area contributed by atoms with Crippen LogP contribution in [-0.2, 0) is 0 Å². The van der Waals surface area contributed by atoms with Gasteiger partial charge in [0.1, 0.15) is 0 Å². The standard InChI is InChI=1S/C17H23N3O/c1-19-12-9-16(10-13-19)20(2)17(21)15-7-5-14(6-8-15)4-3-11-18/h5-8,16H,9-13,18H2,1-2H3. The van der Waals surface area contributed by atoms with Gasteiger partial charge < -0.3 is 15.5 Å². The Morgan fingerprint density at radius 3 is 2.52 bits per heavy atom. The van der Waals surface area contributed by atoms with E-state index in [-0.39, 0.29) is 5.91 Å². The van der Waals surface area contributed by atoms with E-state index < -0.39 is 0 Å². The summed E-state index contributed by atoms with van der Waals surface area (Å²) < 4.78 is 0. The molecule has 1 aromatic rings. The van der Waals surface area contributed by atoms with Crippen molar-refractivity contribution in [1.29, 1.82) is 0 Å². The van der Waals surface area contributed by atoms with Crippen molar-refractivity contribution in [2.45, 2.75) is 18.9 Å². The molecule has 2 N–H and O–H groups in total. The Kier molecular flexibility index (Phi) is 5.38.